The van der Waals surface area contributed by atoms with E-state index in [1.807, 2.05) is 0 Å². The van der Waals surface area contributed by atoms with E-state index in [2.05, 4.69) is 13.8 Å². The van der Waals surface area contributed by atoms with Gasteiger partial charge in [0, 0.05) is 12.8 Å². The third kappa shape index (κ3) is 33.8. The minimum atomic E-state index is -4.60. The van der Waals surface area contributed by atoms with E-state index in [-0.39, 0.29) is 19.4 Å². The van der Waals surface area contributed by atoms with Crippen molar-refractivity contribution in [1.82, 2.24) is 0 Å². The van der Waals surface area contributed by atoms with Gasteiger partial charge < -0.3 is 34.3 Å². The Labute approximate surface area is 372 Å². The van der Waals surface area contributed by atoms with Gasteiger partial charge in [-0.1, -0.05) is 213 Å². The highest BCUT2D eigenvalue weighted by molar-refractivity contribution is 7.85. The van der Waals surface area contributed by atoms with Gasteiger partial charge in [-0.05, 0) is 12.8 Å². The first-order valence-electron chi connectivity index (χ1n) is 25.1. The van der Waals surface area contributed by atoms with Crippen LogP contribution in [0.5, 0.6) is 0 Å². The fourth-order valence-corrected chi connectivity index (χ4v) is 8.72. The molecular weight excluding hydrogens is 801 g/mol. The Balaban J connectivity index is 2.36. The highest BCUT2D eigenvalue weighted by Crippen LogP contribution is 2.24. The molecule has 0 saturated carbocycles. The van der Waals surface area contributed by atoms with E-state index in [4.69, 9.17) is 18.9 Å². The molecule has 12 nitrogen and oxygen atoms in total. The average Bonchev–Trinajstić information content (AvgIpc) is 3.22. The predicted octanol–water partition coefficient (Wildman–Crippen LogP) is 10.8. The molecule has 0 aromatic heterocycles. The Bertz CT molecular complexity index is 1140. The van der Waals surface area contributed by atoms with Crippen LogP contribution >= 0.6 is 0 Å². The first-order valence-corrected chi connectivity index (χ1v) is 26.7. The van der Waals surface area contributed by atoms with Gasteiger partial charge >= 0.3 is 11.9 Å². The summed E-state index contributed by atoms with van der Waals surface area (Å²) in [5.41, 5.74) is 0. The number of hydrogen-bond donors (Lipinski definition) is 4. The standard InChI is InChI=1S/C48H92O12S/c1-3-5-7-9-11-13-15-17-18-19-20-21-22-23-25-27-29-31-33-35-37-44(50)59-41(39-58-48-47(53)46(52)45(51)42(60-48)40-61(54,55)56)38-57-43(49)36-34-32-30-28-26-24-16-14-12-10-8-6-4-2/h41-42,45-48,51-53H,3-40H2,1-2H3,(H,54,55,56). The molecule has 362 valence electrons. The van der Waals surface area contributed by atoms with E-state index >= 15 is 0 Å². The van der Waals surface area contributed by atoms with Crippen molar-refractivity contribution in [2.75, 3.05) is 19.0 Å². The smallest absolute Gasteiger partial charge is 0.306 e. The number of ether oxygens (including phenoxy) is 4. The van der Waals surface area contributed by atoms with Crippen molar-refractivity contribution >= 4 is 22.1 Å². The van der Waals surface area contributed by atoms with Gasteiger partial charge in [0.15, 0.2) is 12.4 Å². The summed E-state index contributed by atoms with van der Waals surface area (Å²) < 4.78 is 54.2. The maximum Gasteiger partial charge on any atom is 0.306 e. The lowest BCUT2D eigenvalue weighted by atomic mass is 10.00. The quantitative estimate of drug-likeness (QED) is 0.0258. The second-order valence-electron chi connectivity index (χ2n) is 17.9. The predicted molar refractivity (Wildman–Crippen MR) is 243 cm³/mol. The summed E-state index contributed by atoms with van der Waals surface area (Å²) >= 11 is 0. The van der Waals surface area contributed by atoms with Crippen LogP contribution < -0.4 is 0 Å². The summed E-state index contributed by atoms with van der Waals surface area (Å²) in [5, 5.41) is 30.9. The summed E-state index contributed by atoms with van der Waals surface area (Å²) in [6, 6.07) is 0. The van der Waals surface area contributed by atoms with Gasteiger partial charge in [0.2, 0.25) is 0 Å². The number of aliphatic hydroxyl groups excluding tert-OH is 3. The zero-order valence-corrected chi connectivity index (χ0v) is 39.6. The van der Waals surface area contributed by atoms with Crippen LogP contribution in [0.1, 0.15) is 239 Å². The van der Waals surface area contributed by atoms with Crippen LogP contribution in [0.25, 0.3) is 0 Å². The van der Waals surface area contributed by atoms with Crippen LogP contribution in [-0.2, 0) is 38.7 Å². The second kappa shape index (κ2) is 39.1. The molecular formula is C48H92O12S. The summed E-state index contributed by atoms with van der Waals surface area (Å²) in [5.74, 6) is -1.96. The first kappa shape index (κ1) is 57.7. The zero-order valence-electron chi connectivity index (χ0n) is 38.8. The number of unbranched alkanes of at least 4 members (excludes halogenated alkanes) is 31. The summed E-state index contributed by atoms with van der Waals surface area (Å²) in [6.07, 6.45) is 31.5. The van der Waals surface area contributed by atoms with Crippen molar-refractivity contribution in [2.24, 2.45) is 0 Å². The molecule has 1 aliphatic heterocycles. The SMILES string of the molecule is CCCCCCCCCCCCCCCCCCCCCCC(=O)OC(COC(=O)CCCCCCCCCCCCCCC)COC1OC(CS(=O)(=O)O)C(O)C(O)C1O. The molecule has 1 heterocycles. The molecule has 0 aromatic carbocycles. The van der Waals surface area contributed by atoms with Crippen molar-refractivity contribution in [3.63, 3.8) is 0 Å². The molecule has 6 unspecified atom stereocenters. The first-order chi connectivity index (χ1) is 29.5. The van der Waals surface area contributed by atoms with Crippen molar-refractivity contribution < 1.29 is 56.8 Å². The number of esters is 2. The third-order valence-corrected chi connectivity index (χ3v) is 12.7. The number of rotatable bonds is 43. The Morgan fingerprint density at radius 2 is 0.836 bits per heavy atom. The largest absolute Gasteiger partial charge is 0.462 e. The fraction of sp³-hybridized carbons (Fsp3) is 0.958. The lowest BCUT2D eigenvalue weighted by molar-refractivity contribution is -0.297. The molecule has 1 aliphatic rings. The molecule has 0 radical (unpaired) electrons. The maximum absolute atomic E-state index is 12.9. The van der Waals surface area contributed by atoms with Crippen LogP contribution in [0.15, 0.2) is 0 Å². The van der Waals surface area contributed by atoms with Crippen LogP contribution in [-0.4, -0.2) is 96.0 Å². The average molecular weight is 893 g/mol. The van der Waals surface area contributed by atoms with Gasteiger partial charge in [-0.2, -0.15) is 8.42 Å². The summed E-state index contributed by atoms with van der Waals surface area (Å²) in [7, 11) is -4.60. The molecule has 1 saturated heterocycles. The molecule has 1 fully saturated rings. The van der Waals surface area contributed by atoms with Gasteiger partial charge in [0.25, 0.3) is 10.1 Å². The molecule has 0 aromatic rings. The molecule has 4 N–H and O–H groups in total. The molecule has 0 amide bonds. The van der Waals surface area contributed by atoms with Crippen LogP contribution in [0.3, 0.4) is 0 Å². The third-order valence-electron chi connectivity index (χ3n) is 11.9. The Morgan fingerprint density at radius 3 is 1.20 bits per heavy atom. The summed E-state index contributed by atoms with van der Waals surface area (Å²) in [6.45, 7) is 3.80. The van der Waals surface area contributed by atoms with Crippen LogP contribution in [0.4, 0.5) is 0 Å². The monoisotopic (exact) mass is 893 g/mol. The second-order valence-corrected chi connectivity index (χ2v) is 19.3. The van der Waals surface area contributed by atoms with Crippen LogP contribution in [0, 0.1) is 0 Å². The van der Waals surface area contributed by atoms with Gasteiger partial charge in [-0.3, -0.25) is 14.1 Å². The van der Waals surface area contributed by atoms with Gasteiger partial charge in [0.05, 0.1) is 6.61 Å². The topological polar surface area (TPSA) is 186 Å². The minimum Gasteiger partial charge on any atom is -0.462 e. The van der Waals surface area contributed by atoms with Gasteiger partial charge in [-0.15, -0.1) is 0 Å². The van der Waals surface area contributed by atoms with E-state index < -0.39 is 71.2 Å². The fourth-order valence-electron chi connectivity index (χ4n) is 8.03. The highest BCUT2D eigenvalue weighted by atomic mass is 32.2. The molecule has 0 aliphatic carbocycles. The van der Waals surface area contributed by atoms with Crippen molar-refractivity contribution in [3.8, 4) is 0 Å². The van der Waals surface area contributed by atoms with E-state index in [0.29, 0.717) is 12.8 Å². The van der Waals surface area contributed by atoms with Crippen LogP contribution in [0.2, 0.25) is 0 Å². The minimum absolute atomic E-state index is 0.173. The Morgan fingerprint density at radius 1 is 0.492 bits per heavy atom. The molecule has 61 heavy (non-hydrogen) atoms. The van der Waals surface area contributed by atoms with Gasteiger partial charge in [-0.25, -0.2) is 0 Å². The van der Waals surface area contributed by atoms with Crippen molar-refractivity contribution in [2.45, 2.75) is 275 Å². The number of carbonyl (C=O) groups excluding carboxylic acids is 2. The highest BCUT2D eigenvalue weighted by Gasteiger charge is 2.46. The maximum atomic E-state index is 12.9. The molecule has 0 bridgehead atoms. The number of carbonyl (C=O) groups is 2. The molecule has 0 spiro atoms. The van der Waals surface area contributed by atoms with Gasteiger partial charge in [0.1, 0.15) is 36.8 Å². The van der Waals surface area contributed by atoms with E-state index in [1.54, 1.807) is 0 Å². The molecule has 1 rings (SSSR count). The summed E-state index contributed by atoms with van der Waals surface area (Å²) in [4.78, 5) is 25.5. The Kier molecular flexibility index (Phi) is 36.9. The number of aliphatic hydroxyl groups is 3. The van der Waals surface area contributed by atoms with E-state index in [1.165, 1.54) is 161 Å². The molecule has 6 atom stereocenters. The number of hydrogen-bond acceptors (Lipinski definition) is 11. The van der Waals surface area contributed by atoms with E-state index in [0.717, 1.165) is 38.5 Å². The van der Waals surface area contributed by atoms with Crippen molar-refractivity contribution in [1.29, 1.82) is 0 Å². The lowest BCUT2D eigenvalue weighted by Crippen LogP contribution is -2.60. The lowest BCUT2D eigenvalue weighted by Gasteiger charge is -2.40. The normalized spacial score (nSPS) is 19.9. The Hall–Kier alpha value is -1.35. The van der Waals surface area contributed by atoms with Crippen molar-refractivity contribution in [3.05, 3.63) is 0 Å². The van der Waals surface area contributed by atoms with E-state index in [9.17, 15) is 37.9 Å². The zero-order chi connectivity index (χ0) is 44.8. The molecule has 13 heteroatoms.